The normalized spacial score (nSPS) is 17.4. The van der Waals surface area contributed by atoms with Gasteiger partial charge < -0.3 is 15.2 Å². The maximum atomic E-state index is 12.6. The summed E-state index contributed by atoms with van der Waals surface area (Å²) < 4.78 is 0.509. The quantitative estimate of drug-likeness (QED) is 0.718. The molecule has 0 saturated carbocycles. The van der Waals surface area contributed by atoms with E-state index in [1.165, 1.54) is 17.7 Å². The minimum atomic E-state index is -0.187. The fourth-order valence-electron chi connectivity index (χ4n) is 3.03. The predicted molar refractivity (Wildman–Crippen MR) is 103 cm³/mol. The van der Waals surface area contributed by atoms with Crippen LogP contribution in [0.3, 0.4) is 0 Å². The van der Waals surface area contributed by atoms with Gasteiger partial charge in [0.15, 0.2) is 10.8 Å². The van der Waals surface area contributed by atoms with Crippen LogP contribution in [-0.4, -0.2) is 33.9 Å². The topological polar surface area (TPSA) is 91.0 Å². The molecular formula is C17H16ClN5O2S. The molecule has 1 atom stereocenters. The molecule has 0 bridgehead atoms. The van der Waals surface area contributed by atoms with Crippen LogP contribution in [0.1, 0.15) is 12.8 Å². The number of carbonyl (C=O) groups is 1. The predicted octanol–water partition coefficient (Wildman–Crippen LogP) is 2.89. The molecule has 0 aliphatic carbocycles. The second-order valence-electron chi connectivity index (χ2n) is 6.16. The van der Waals surface area contributed by atoms with Gasteiger partial charge in [0.1, 0.15) is 4.70 Å². The molecule has 2 N–H and O–H groups in total. The molecule has 1 aliphatic rings. The number of nitrogens with zero attached hydrogens (tertiary/aromatic N) is 3. The van der Waals surface area contributed by atoms with Gasteiger partial charge in [-0.2, -0.15) is 4.98 Å². The zero-order valence-electron chi connectivity index (χ0n) is 13.7. The summed E-state index contributed by atoms with van der Waals surface area (Å²) in [7, 11) is 0. The summed E-state index contributed by atoms with van der Waals surface area (Å²) in [5, 5.41) is 4.30. The number of hydrogen-bond acceptors (Lipinski definition) is 6. The van der Waals surface area contributed by atoms with Crippen molar-refractivity contribution in [3.05, 3.63) is 46.0 Å². The van der Waals surface area contributed by atoms with Gasteiger partial charge in [0, 0.05) is 23.8 Å². The van der Waals surface area contributed by atoms with Crippen molar-refractivity contribution >= 4 is 50.0 Å². The van der Waals surface area contributed by atoms with Crippen molar-refractivity contribution in [3.8, 4) is 0 Å². The molecule has 134 valence electrons. The van der Waals surface area contributed by atoms with E-state index in [2.05, 4.69) is 25.2 Å². The number of carbonyl (C=O) groups excluding carboxylic acids is 1. The number of thiazole rings is 1. The third-order valence-corrected chi connectivity index (χ3v) is 5.72. The number of aromatic amines is 1. The molecule has 7 nitrogen and oxygen atoms in total. The SMILES string of the molecule is O=C(Nc1ccc(Cl)cc1)[C@H]1CCCN(c2nc3nc[nH]c(=O)c3s2)C1. The highest BCUT2D eigenvalue weighted by Gasteiger charge is 2.28. The van der Waals surface area contributed by atoms with Crippen LogP contribution < -0.4 is 15.8 Å². The number of aromatic nitrogens is 3. The number of fused-ring (bicyclic) bond motifs is 1. The van der Waals surface area contributed by atoms with E-state index in [0.29, 0.717) is 21.9 Å². The number of anilines is 2. The average Bonchev–Trinajstić information content (AvgIpc) is 3.09. The smallest absolute Gasteiger partial charge is 0.270 e. The first-order valence-corrected chi connectivity index (χ1v) is 9.45. The van der Waals surface area contributed by atoms with Crippen LogP contribution in [0.5, 0.6) is 0 Å². The van der Waals surface area contributed by atoms with Crippen molar-refractivity contribution in [2.75, 3.05) is 23.3 Å². The second kappa shape index (κ2) is 7.05. The van der Waals surface area contributed by atoms with Crippen molar-refractivity contribution in [1.29, 1.82) is 0 Å². The molecule has 4 rings (SSSR count). The summed E-state index contributed by atoms with van der Waals surface area (Å²) in [5.41, 5.74) is 0.988. The van der Waals surface area contributed by atoms with Crippen molar-refractivity contribution < 1.29 is 4.79 Å². The van der Waals surface area contributed by atoms with Gasteiger partial charge in [-0.3, -0.25) is 9.59 Å². The van der Waals surface area contributed by atoms with E-state index in [4.69, 9.17) is 11.6 Å². The lowest BCUT2D eigenvalue weighted by Crippen LogP contribution is -2.40. The number of halogens is 1. The Balaban J connectivity index is 1.49. The number of amides is 1. The van der Waals surface area contributed by atoms with Crippen LogP contribution in [0, 0.1) is 5.92 Å². The van der Waals surface area contributed by atoms with Crippen LogP contribution in [-0.2, 0) is 4.79 Å². The van der Waals surface area contributed by atoms with E-state index in [1.807, 2.05) is 0 Å². The summed E-state index contributed by atoms with van der Waals surface area (Å²) in [6, 6.07) is 7.06. The summed E-state index contributed by atoms with van der Waals surface area (Å²) in [4.78, 5) is 37.6. The van der Waals surface area contributed by atoms with Crippen molar-refractivity contribution in [1.82, 2.24) is 15.0 Å². The number of rotatable bonds is 3. The highest BCUT2D eigenvalue weighted by Crippen LogP contribution is 2.29. The first-order chi connectivity index (χ1) is 12.6. The number of nitrogens with one attached hydrogen (secondary N) is 2. The van der Waals surface area contributed by atoms with Gasteiger partial charge in [-0.1, -0.05) is 22.9 Å². The Kier molecular flexibility index (Phi) is 4.60. The Labute approximate surface area is 158 Å². The molecule has 3 aromatic rings. The molecule has 2 aromatic heterocycles. The molecule has 0 radical (unpaired) electrons. The molecule has 1 saturated heterocycles. The molecule has 0 spiro atoms. The minimum Gasteiger partial charge on any atom is -0.347 e. The Morgan fingerprint density at radius 3 is 2.92 bits per heavy atom. The highest BCUT2D eigenvalue weighted by molar-refractivity contribution is 7.22. The van der Waals surface area contributed by atoms with Crippen molar-refractivity contribution in [2.24, 2.45) is 5.92 Å². The van der Waals surface area contributed by atoms with Crippen molar-refractivity contribution in [2.45, 2.75) is 12.8 Å². The van der Waals surface area contributed by atoms with Gasteiger partial charge >= 0.3 is 0 Å². The van der Waals surface area contributed by atoms with Gasteiger partial charge in [0.25, 0.3) is 5.56 Å². The molecular weight excluding hydrogens is 374 g/mol. The van der Waals surface area contributed by atoms with Gasteiger partial charge in [-0.05, 0) is 37.1 Å². The van der Waals surface area contributed by atoms with Crippen LogP contribution in [0.25, 0.3) is 10.3 Å². The monoisotopic (exact) mass is 389 g/mol. The maximum absolute atomic E-state index is 12.6. The highest BCUT2D eigenvalue weighted by atomic mass is 35.5. The Morgan fingerprint density at radius 1 is 1.35 bits per heavy atom. The first kappa shape index (κ1) is 17.0. The van der Waals surface area contributed by atoms with E-state index in [-0.39, 0.29) is 17.4 Å². The van der Waals surface area contributed by atoms with Crippen LogP contribution >= 0.6 is 22.9 Å². The van der Waals surface area contributed by atoms with E-state index >= 15 is 0 Å². The maximum Gasteiger partial charge on any atom is 0.270 e. The Bertz CT molecular complexity index is 1000. The summed E-state index contributed by atoms with van der Waals surface area (Å²) in [5.74, 6) is -0.160. The lowest BCUT2D eigenvalue weighted by molar-refractivity contribution is -0.120. The average molecular weight is 390 g/mol. The number of H-pyrrole nitrogens is 1. The number of benzene rings is 1. The zero-order chi connectivity index (χ0) is 18.1. The molecule has 1 aliphatic heterocycles. The summed E-state index contributed by atoms with van der Waals surface area (Å²) in [6.45, 7) is 1.37. The van der Waals surface area contributed by atoms with Crippen LogP contribution in [0.15, 0.2) is 35.4 Å². The van der Waals surface area contributed by atoms with E-state index < -0.39 is 0 Å². The fourth-order valence-corrected chi connectivity index (χ4v) is 4.11. The molecule has 9 heteroatoms. The fraction of sp³-hybridized carbons (Fsp3) is 0.294. The molecule has 1 amide bonds. The van der Waals surface area contributed by atoms with Gasteiger partial charge in [0.2, 0.25) is 5.91 Å². The first-order valence-electron chi connectivity index (χ1n) is 8.26. The Morgan fingerprint density at radius 2 is 2.15 bits per heavy atom. The zero-order valence-corrected chi connectivity index (χ0v) is 15.3. The molecule has 1 aromatic carbocycles. The number of hydrogen-bond donors (Lipinski definition) is 2. The third-order valence-electron chi connectivity index (χ3n) is 4.36. The lowest BCUT2D eigenvalue weighted by atomic mass is 9.97. The van der Waals surface area contributed by atoms with E-state index in [1.54, 1.807) is 24.3 Å². The molecule has 26 heavy (non-hydrogen) atoms. The van der Waals surface area contributed by atoms with E-state index in [0.717, 1.165) is 30.2 Å². The van der Waals surface area contributed by atoms with Crippen molar-refractivity contribution in [3.63, 3.8) is 0 Å². The molecule has 1 fully saturated rings. The van der Waals surface area contributed by atoms with Crippen LogP contribution in [0.4, 0.5) is 10.8 Å². The summed E-state index contributed by atoms with van der Waals surface area (Å²) >= 11 is 7.19. The summed E-state index contributed by atoms with van der Waals surface area (Å²) in [6.07, 6.45) is 3.06. The van der Waals surface area contributed by atoms with Gasteiger partial charge in [-0.15, -0.1) is 0 Å². The second-order valence-corrected chi connectivity index (χ2v) is 7.58. The molecule has 3 heterocycles. The Hall–Kier alpha value is -2.45. The van der Waals surface area contributed by atoms with E-state index in [9.17, 15) is 9.59 Å². The number of piperidine rings is 1. The van der Waals surface area contributed by atoms with Gasteiger partial charge in [0.05, 0.1) is 12.2 Å². The lowest BCUT2D eigenvalue weighted by Gasteiger charge is -2.31. The van der Waals surface area contributed by atoms with Gasteiger partial charge in [-0.25, -0.2) is 4.98 Å². The molecule has 0 unspecified atom stereocenters. The standard InChI is InChI=1S/C17H16ClN5O2S/c18-11-3-5-12(6-4-11)21-15(24)10-2-1-7-23(8-10)17-22-14-13(26-17)16(25)20-9-19-14/h3-6,9-10H,1-2,7-8H2,(H,21,24)(H,19,20,25)/t10-/m0/s1. The third kappa shape index (κ3) is 3.42. The minimum absolute atomic E-state index is 0.0193. The van der Waals surface area contributed by atoms with Crippen LogP contribution in [0.2, 0.25) is 5.02 Å². The largest absolute Gasteiger partial charge is 0.347 e.